The third-order valence-corrected chi connectivity index (χ3v) is 4.03. The van der Waals surface area contributed by atoms with E-state index in [2.05, 4.69) is 4.98 Å². The molecule has 0 aliphatic rings. The van der Waals surface area contributed by atoms with Gasteiger partial charge in [0.1, 0.15) is 0 Å². The van der Waals surface area contributed by atoms with Gasteiger partial charge in [-0.25, -0.2) is 4.98 Å². The second kappa shape index (κ2) is 5.97. The summed E-state index contributed by atoms with van der Waals surface area (Å²) in [5, 5.41) is 12.2. The van der Waals surface area contributed by atoms with Crippen molar-refractivity contribution in [2.24, 2.45) is 5.92 Å². The van der Waals surface area contributed by atoms with Crippen molar-refractivity contribution in [3.8, 4) is 0 Å². The minimum absolute atomic E-state index is 0.409. The maximum atomic E-state index is 11.4. The highest BCUT2D eigenvalue weighted by Gasteiger charge is 2.20. The zero-order chi connectivity index (χ0) is 13.8. The number of nitrogens with zero attached hydrogens (tertiary/aromatic N) is 1. The van der Waals surface area contributed by atoms with Crippen LogP contribution in [-0.4, -0.2) is 16.1 Å². The summed E-state index contributed by atoms with van der Waals surface area (Å²) < 4.78 is 0. The lowest BCUT2D eigenvalue weighted by molar-refractivity contribution is -0.141. The Hall–Kier alpha value is -1.68. The first-order chi connectivity index (χ1) is 9.04. The van der Waals surface area contributed by atoms with E-state index < -0.39 is 11.9 Å². The lowest BCUT2D eigenvalue weighted by Crippen LogP contribution is -2.19. The van der Waals surface area contributed by atoms with E-state index in [-0.39, 0.29) is 0 Å². The van der Waals surface area contributed by atoms with Gasteiger partial charge in [0.25, 0.3) is 0 Å². The number of hydrogen-bond donors (Lipinski definition) is 1. The first-order valence-electron chi connectivity index (χ1n) is 6.24. The van der Waals surface area contributed by atoms with Crippen LogP contribution in [0.25, 0.3) is 0 Å². The van der Waals surface area contributed by atoms with Gasteiger partial charge in [0.05, 0.1) is 10.9 Å². The highest BCUT2D eigenvalue weighted by molar-refractivity contribution is 7.09. The lowest BCUT2D eigenvalue weighted by atomic mass is 9.96. The van der Waals surface area contributed by atoms with E-state index >= 15 is 0 Å². The third kappa shape index (κ3) is 3.89. The van der Waals surface area contributed by atoms with Gasteiger partial charge in [-0.3, -0.25) is 4.79 Å². The van der Waals surface area contributed by atoms with Gasteiger partial charge < -0.3 is 5.11 Å². The Morgan fingerprint density at radius 2 is 1.95 bits per heavy atom. The van der Waals surface area contributed by atoms with E-state index in [1.165, 1.54) is 16.9 Å². The SMILES string of the molecule is Cc1ccc(CC(Cc2nc(C)cs2)C(=O)O)cc1. The summed E-state index contributed by atoms with van der Waals surface area (Å²) in [5.41, 5.74) is 3.21. The number of aromatic nitrogens is 1. The molecule has 19 heavy (non-hydrogen) atoms. The summed E-state index contributed by atoms with van der Waals surface area (Å²) in [7, 11) is 0. The van der Waals surface area contributed by atoms with E-state index in [1.54, 1.807) is 0 Å². The van der Waals surface area contributed by atoms with E-state index in [9.17, 15) is 9.90 Å². The van der Waals surface area contributed by atoms with Crippen LogP contribution in [0, 0.1) is 19.8 Å². The number of thiazole rings is 1. The molecular formula is C15H17NO2S. The Kier molecular flexibility index (Phi) is 4.32. The smallest absolute Gasteiger partial charge is 0.307 e. The van der Waals surface area contributed by atoms with E-state index in [0.29, 0.717) is 12.8 Å². The molecule has 1 atom stereocenters. The van der Waals surface area contributed by atoms with Gasteiger partial charge in [-0.05, 0) is 25.8 Å². The zero-order valence-corrected chi connectivity index (χ0v) is 11.9. The zero-order valence-electron chi connectivity index (χ0n) is 11.1. The quantitative estimate of drug-likeness (QED) is 0.911. The normalized spacial score (nSPS) is 12.3. The molecule has 1 heterocycles. The molecule has 0 saturated heterocycles. The second-order valence-corrected chi connectivity index (χ2v) is 5.75. The number of hydrogen-bond acceptors (Lipinski definition) is 3. The van der Waals surface area contributed by atoms with Gasteiger partial charge in [0.15, 0.2) is 0 Å². The lowest BCUT2D eigenvalue weighted by Gasteiger charge is -2.11. The highest BCUT2D eigenvalue weighted by Crippen LogP contribution is 2.18. The molecule has 0 radical (unpaired) electrons. The predicted molar refractivity (Wildman–Crippen MR) is 76.6 cm³/mol. The number of aryl methyl sites for hydroxylation is 2. The molecule has 2 aromatic rings. The predicted octanol–water partition coefficient (Wildman–Crippen LogP) is 3.25. The molecule has 2 rings (SSSR count). The standard InChI is InChI=1S/C15H17NO2S/c1-10-3-5-12(6-4-10)7-13(15(17)18)8-14-16-11(2)9-19-14/h3-6,9,13H,7-8H2,1-2H3,(H,17,18). The molecule has 3 nitrogen and oxygen atoms in total. The first kappa shape index (κ1) is 13.7. The van der Waals surface area contributed by atoms with Crippen LogP contribution in [0.4, 0.5) is 0 Å². The fraction of sp³-hybridized carbons (Fsp3) is 0.333. The number of aliphatic carboxylic acids is 1. The Morgan fingerprint density at radius 1 is 1.26 bits per heavy atom. The average Bonchev–Trinajstić information content (AvgIpc) is 2.76. The molecule has 1 aromatic carbocycles. The number of carboxylic acids is 1. The highest BCUT2D eigenvalue weighted by atomic mass is 32.1. The van der Waals surface area contributed by atoms with Crippen molar-refractivity contribution in [1.82, 2.24) is 4.98 Å². The minimum atomic E-state index is -0.756. The van der Waals surface area contributed by atoms with Gasteiger partial charge in [-0.2, -0.15) is 0 Å². The van der Waals surface area contributed by atoms with Crippen LogP contribution in [0.15, 0.2) is 29.6 Å². The number of carbonyl (C=O) groups is 1. The molecule has 0 amide bonds. The molecule has 0 spiro atoms. The van der Waals surface area contributed by atoms with Crippen molar-refractivity contribution >= 4 is 17.3 Å². The fourth-order valence-electron chi connectivity index (χ4n) is 1.96. The van der Waals surface area contributed by atoms with Crippen molar-refractivity contribution in [2.75, 3.05) is 0 Å². The molecule has 1 unspecified atom stereocenters. The molecule has 100 valence electrons. The number of rotatable bonds is 5. The number of benzene rings is 1. The van der Waals surface area contributed by atoms with Crippen LogP contribution in [0.1, 0.15) is 21.8 Å². The largest absolute Gasteiger partial charge is 0.481 e. The van der Waals surface area contributed by atoms with Gasteiger partial charge in [0, 0.05) is 17.5 Å². The van der Waals surface area contributed by atoms with Crippen LogP contribution in [-0.2, 0) is 17.6 Å². The Labute approximate surface area is 116 Å². The van der Waals surface area contributed by atoms with Crippen molar-refractivity contribution in [1.29, 1.82) is 0 Å². The van der Waals surface area contributed by atoms with Crippen molar-refractivity contribution in [2.45, 2.75) is 26.7 Å². The summed E-state index contributed by atoms with van der Waals surface area (Å²) in [6.45, 7) is 3.95. The topological polar surface area (TPSA) is 50.2 Å². The molecule has 1 aromatic heterocycles. The summed E-state index contributed by atoms with van der Waals surface area (Å²) in [6.07, 6.45) is 1.05. The number of carboxylic acid groups (broad SMARTS) is 1. The van der Waals surface area contributed by atoms with Crippen molar-refractivity contribution in [3.05, 3.63) is 51.5 Å². The van der Waals surface area contributed by atoms with Gasteiger partial charge >= 0.3 is 5.97 Å². The fourth-order valence-corrected chi connectivity index (χ4v) is 2.82. The summed E-state index contributed by atoms with van der Waals surface area (Å²) in [4.78, 5) is 15.7. The van der Waals surface area contributed by atoms with Crippen LogP contribution < -0.4 is 0 Å². The maximum absolute atomic E-state index is 11.4. The molecule has 0 bridgehead atoms. The van der Waals surface area contributed by atoms with Crippen molar-refractivity contribution in [3.63, 3.8) is 0 Å². The summed E-state index contributed by atoms with van der Waals surface area (Å²) in [6, 6.07) is 8.03. The Morgan fingerprint density at radius 3 is 2.47 bits per heavy atom. The summed E-state index contributed by atoms with van der Waals surface area (Å²) in [5.74, 6) is -1.17. The molecule has 0 saturated carbocycles. The van der Waals surface area contributed by atoms with E-state index in [4.69, 9.17) is 0 Å². The monoisotopic (exact) mass is 275 g/mol. The molecule has 1 N–H and O–H groups in total. The molecule has 0 aliphatic heterocycles. The van der Waals surface area contributed by atoms with Gasteiger partial charge in [0.2, 0.25) is 0 Å². The Bertz CT molecular complexity index is 560. The van der Waals surface area contributed by atoms with Crippen LogP contribution in [0.5, 0.6) is 0 Å². The van der Waals surface area contributed by atoms with Gasteiger partial charge in [-0.1, -0.05) is 29.8 Å². The molecule has 4 heteroatoms. The third-order valence-electron chi connectivity index (χ3n) is 3.04. The molecule has 0 fully saturated rings. The summed E-state index contributed by atoms with van der Waals surface area (Å²) >= 11 is 1.53. The van der Waals surface area contributed by atoms with E-state index in [0.717, 1.165) is 16.3 Å². The van der Waals surface area contributed by atoms with Crippen molar-refractivity contribution < 1.29 is 9.90 Å². The van der Waals surface area contributed by atoms with E-state index in [1.807, 2.05) is 43.5 Å². The Balaban J connectivity index is 2.08. The average molecular weight is 275 g/mol. The van der Waals surface area contributed by atoms with Crippen LogP contribution in [0.2, 0.25) is 0 Å². The van der Waals surface area contributed by atoms with Gasteiger partial charge in [-0.15, -0.1) is 11.3 Å². The first-order valence-corrected chi connectivity index (χ1v) is 7.12. The van der Waals surface area contributed by atoms with Crippen LogP contribution in [0.3, 0.4) is 0 Å². The molecule has 0 aliphatic carbocycles. The maximum Gasteiger partial charge on any atom is 0.307 e. The second-order valence-electron chi connectivity index (χ2n) is 4.81. The minimum Gasteiger partial charge on any atom is -0.481 e. The molecular weight excluding hydrogens is 258 g/mol. The van der Waals surface area contributed by atoms with Crippen LogP contribution >= 0.6 is 11.3 Å².